The van der Waals surface area contributed by atoms with Crippen LogP contribution in [-0.2, 0) is 22.3 Å². The molecule has 0 fully saturated rings. The average Bonchev–Trinajstić information content (AvgIpc) is 2.42. The van der Waals surface area contributed by atoms with E-state index in [0.717, 1.165) is 5.56 Å². The third-order valence-corrected chi connectivity index (χ3v) is 5.14. The standard InChI is InChI=1S/C15H16ClNO2S/c1-17(11-13-7-3-2-4-8-13)20(18,19)12-14-9-5-6-10-15(14)16/h2-10H,11-12H2,1H3. The molecule has 3 nitrogen and oxygen atoms in total. The lowest BCUT2D eigenvalue weighted by Gasteiger charge is -2.17. The Balaban J connectivity index is 2.12. The molecule has 0 saturated carbocycles. The monoisotopic (exact) mass is 309 g/mol. The smallest absolute Gasteiger partial charge is 0.212 e. The van der Waals surface area contributed by atoms with Crippen LogP contribution in [0.1, 0.15) is 11.1 Å². The quantitative estimate of drug-likeness (QED) is 0.850. The molecule has 0 saturated heterocycles. The zero-order valence-corrected chi connectivity index (χ0v) is 12.7. The van der Waals surface area contributed by atoms with Crippen LogP contribution in [0.5, 0.6) is 0 Å². The van der Waals surface area contributed by atoms with Crippen molar-refractivity contribution in [2.45, 2.75) is 12.3 Å². The van der Waals surface area contributed by atoms with Crippen molar-refractivity contribution in [2.75, 3.05) is 7.05 Å². The summed E-state index contributed by atoms with van der Waals surface area (Å²) >= 11 is 6.01. The second-order valence-corrected chi connectivity index (χ2v) is 7.07. The minimum atomic E-state index is -3.39. The van der Waals surface area contributed by atoms with E-state index < -0.39 is 10.0 Å². The van der Waals surface area contributed by atoms with Crippen LogP contribution < -0.4 is 0 Å². The molecule has 0 aliphatic rings. The molecule has 106 valence electrons. The fourth-order valence-corrected chi connectivity index (χ4v) is 3.35. The summed E-state index contributed by atoms with van der Waals surface area (Å²) < 4.78 is 26.0. The second kappa shape index (κ2) is 6.39. The fourth-order valence-electron chi connectivity index (χ4n) is 1.86. The molecule has 0 N–H and O–H groups in total. The maximum absolute atomic E-state index is 12.3. The Morgan fingerprint density at radius 1 is 1.00 bits per heavy atom. The zero-order valence-electron chi connectivity index (χ0n) is 11.2. The van der Waals surface area contributed by atoms with Crippen LogP contribution in [-0.4, -0.2) is 19.8 Å². The van der Waals surface area contributed by atoms with Gasteiger partial charge in [0.1, 0.15) is 0 Å². The van der Waals surface area contributed by atoms with Crippen molar-refractivity contribution >= 4 is 21.6 Å². The molecule has 2 aromatic carbocycles. The number of hydrogen-bond acceptors (Lipinski definition) is 2. The maximum Gasteiger partial charge on any atom is 0.218 e. The average molecular weight is 310 g/mol. The van der Waals surface area contributed by atoms with Gasteiger partial charge in [0.05, 0.1) is 5.75 Å². The van der Waals surface area contributed by atoms with E-state index >= 15 is 0 Å². The maximum atomic E-state index is 12.3. The van der Waals surface area contributed by atoms with Crippen molar-refractivity contribution in [1.29, 1.82) is 0 Å². The summed E-state index contributed by atoms with van der Waals surface area (Å²) in [6.07, 6.45) is 0. The minimum Gasteiger partial charge on any atom is -0.212 e. The molecule has 20 heavy (non-hydrogen) atoms. The number of benzene rings is 2. The van der Waals surface area contributed by atoms with Gasteiger partial charge >= 0.3 is 0 Å². The highest BCUT2D eigenvalue weighted by atomic mass is 35.5. The summed E-state index contributed by atoms with van der Waals surface area (Å²) in [6, 6.07) is 16.5. The van der Waals surface area contributed by atoms with Gasteiger partial charge < -0.3 is 0 Å². The first kappa shape index (κ1) is 15.0. The topological polar surface area (TPSA) is 37.4 Å². The Bertz CT molecular complexity index is 671. The highest BCUT2D eigenvalue weighted by Crippen LogP contribution is 2.19. The largest absolute Gasteiger partial charge is 0.218 e. The lowest BCUT2D eigenvalue weighted by molar-refractivity contribution is 0.466. The lowest BCUT2D eigenvalue weighted by Crippen LogP contribution is -2.27. The molecular formula is C15H16ClNO2S. The third-order valence-electron chi connectivity index (χ3n) is 3.02. The van der Waals surface area contributed by atoms with E-state index in [-0.39, 0.29) is 5.75 Å². The van der Waals surface area contributed by atoms with Gasteiger partial charge in [-0.25, -0.2) is 12.7 Å². The van der Waals surface area contributed by atoms with E-state index in [1.807, 2.05) is 30.3 Å². The van der Waals surface area contributed by atoms with Crippen LogP contribution in [0.4, 0.5) is 0 Å². The summed E-state index contributed by atoms with van der Waals surface area (Å²) in [4.78, 5) is 0. The van der Waals surface area contributed by atoms with Crippen LogP contribution in [0, 0.1) is 0 Å². The molecule has 0 aliphatic carbocycles. The van der Waals surface area contributed by atoms with Crippen LogP contribution in [0.2, 0.25) is 5.02 Å². The molecule has 0 aliphatic heterocycles. The number of halogens is 1. The van der Waals surface area contributed by atoms with Crippen LogP contribution >= 0.6 is 11.6 Å². The van der Waals surface area contributed by atoms with Crippen molar-refractivity contribution in [3.05, 3.63) is 70.7 Å². The molecule has 5 heteroatoms. The van der Waals surface area contributed by atoms with Crippen molar-refractivity contribution in [3.63, 3.8) is 0 Å². The van der Waals surface area contributed by atoms with E-state index in [0.29, 0.717) is 17.1 Å². The molecule has 0 radical (unpaired) electrons. The van der Waals surface area contributed by atoms with Gasteiger partial charge in [0.25, 0.3) is 0 Å². The molecule has 0 atom stereocenters. The van der Waals surface area contributed by atoms with E-state index in [1.165, 1.54) is 4.31 Å². The number of hydrogen-bond donors (Lipinski definition) is 0. The molecule has 0 spiro atoms. The second-order valence-electron chi connectivity index (χ2n) is 4.59. The van der Waals surface area contributed by atoms with Gasteiger partial charge in [-0.15, -0.1) is 0 Å². The van der Waals surface area contributed by atoms with E-state index in [1.54, 1.807) is 31.3 Å². The predicted octanol–water partition coefficient (Wildman–Crippen LogP) is 3.30. The van der Waals surface area contributed by atoms with Crippen LogP contribution in [0.25, 0.3) is 0 Å². The summed E-state index contributed by atoms with van der Waals surface area (Å²) in [5.41, 5.74) is 1.58. The Morgan fingerprint density at radius 2 is 1.60 bits per heavy atom. The van der Waals surface area contributed by atoms with Crippen molar-refractivity contribution in [2.24, 2.45) is 0 Å². The number of nitrogens with zero attached hydrogens (tertiary/aromatic N) is 1. The summed E-state index contributed by atoms with van der Waals surface area (Å²) in [5.74, 6) is -0.0873. The SMILES string of the molecule is CN(Cc1ccccc1)S(=O)(=O)Cc1ccccc1Cl. The number of sulfonamides is 1. The third kappa shape index (κ3) is 3.82. The summed E-state index contributed by atoms with van der Waals surface area (Å²) in [7, 11) is -1.80. The Labute approximate surface area is 124 Å². The van der Waals surface area contributed by atoms with Gasteiger partial charge in [0.2, 0.25) is 10.0 Å². The Kier molecular flexibility index (Phi) is 4.81. The summed E-state index contributed by atoms with van der Waals surface area (Å²) in [5, 5.41) is 0.476. The molecule has 0 aromatic heterocycles. The van der Waals surface area contributed by atoms with Gasteiger partial charge in [-0.3, -0.25) is 0 Å². The first-order valence-corrected chi connectivity index (χ1v) is 8.19. The van der Waals surface area contributed by atoms with Crippen LogP contribution in [0.3, 0.4) is 0 Å². The van der Waals surface area contributed by atoms with Gasteiger partial charge in [0.15, 0.2) is 0 Å². The zero-order chi connectivity index (χ0) is 14.6. The number of rotatable bonds is 5. The molecule has 0 bridgehead atoms. The van der Waals surface area contributed by atoms with Crippen molar-refractivity contribution in [3.8, 4) is 0 Å². The highest BCUT2D eigenvalue weighted by Gasteiger charge is 2.19. The summed E-state index contributed by atoms with van der Waals surface area (Å²) in [6.45, 7) is 0.355. The predicted molar refractivity (Wildman–Crippen MR) is 82.0 cm³/mol. The molecule has 2 rings (SSSR count). The van der Waals surface area contributed by atoms with Crippen molar-refractivity contribution < 1.29 is 8.42 Å². The van der Waals surface area contributed by atoms with Crippen molar-refractivity contribution in [1.82, 2.24) is 4.31 Å². The lowest BCUT2D eigenvalue weighted by atomic mass is 10.2. The fraction of sp³-hybridized carbons (Fsp3) is 0.200. The van der Waals surface area contributed by atoms with E-state index in [2.05, 4.69) is 0 Å². The minimum absolute atomic E-state index is 0.0873. The van der Waals surface area contributed by atoms with E-state index in [4.69, 9.17) is 11.6 Å². The molecule has 0 amide bonds. The molecule has 2 aromatic rings. The first-order chi connectivity index (χ1) is 9.49. The van der Waals surface area contributed by atoms with Crippen LogP contribution in [0.15, 0.2) is 54.6 Å². The van der Waals surface area contributed by atoms with Gasteiger partial charge in [-0.05, 0) is 17.2 Å². The molecule has 0 unspecified atom stereocenters. The van der Waals surface area contributed by atoms with E-state index in [9.17, 15) is 8.42 Å². The Hall–Kier alpha value is -1.36. The molecule has 0 heterocycles. The van der Waals surface area contributed by atoms with Gasteiger partial charge in [0, 0.05) is 18.6 Å². The van der Waals surface area contributed by atoms with Gasteiger partial charge in [-0.1, -0.05) is 60.1 Å². The Morgan fingerprint density at radius 3 is 2.25 bits per heavy atom. The first-order valence-electron chi connectivity index (χ1n) is 6.20. The van der Waals surface area contributed by atoms with Gasteiger partial charge in [-0.2, -0.15) is 0 Å². The highest BCUT2D eigenvalue weighted by molar-refractivity contribution is 7.88. The molecular weight excluding hydrogens is 294 g/mol. The normalized spacial score (nSPS) is 11.8.